The van der Waals surface area contributed by atoms with E-state index in [0.29, 0.717) is 12.2 Å². The van der Waals surface area contributed by atoms with E-state index in [9.17, 15) is 5.11 Å². The largest absolute Gasteiger partial charge is 0.394 e. The lowest BCUT2D eigenvalue weighted by atomic mass is 10.1. The molecule has 6 heteroatoms. The Morgan fingerprint density at radius 2 is 1.69 bits per heavy atom. The van der Waals surface area contributed by atoms with E-state index in [1.54, 1.807) is 10.9 Å². The molecular formula is C20H19N5O. The minimum atomic E-state index is -0.143. The van der Waals surface area contributed by atoms with E-state index in [2.05, 4.69) is 20.4 Å². The standard InChI is InChI=1S/C20H19N5O/c26-13-16(11-15-7-3-1-4-8-15)24-19-18-12-23-25(20(18)22-14-21-19)17-9-5-2-6-10-17/h1-10,12,14,16,26H,11,13H2,(H,21,22,24)/t16-/m0/s1. The summed E-state index contributed by atoms with van der Waals surface area (Å²) >= 11 is 0. The Labute approximate surface area is 151 Å². The number of rotatable bonds is 6. The predicted molar refractivity (Wildman–Crippen MR) is 101 cm³/mol. The van der Waals surface area contributed by atoms with Crippen LogP contribution in [0.2, 0.25) is 0 Å². The molecule has 0 spiro atoms. The second kappa shape index (κ2) is 7.33. The smallest absolute Gasteiger partial charge is 0.168 e. The number of nitrogens with one attached hydrogen (secondary N) is 1. The summed E-state index contributed by atoms with van der Waals surface area (Å²) in [4.78, 5) is 8.74. The number of aliphatic hydroxyl groups excluding tert-OH is 1. The molecule has 0 saturated heterocycles. The second-order valence-corrected chi connectivity index (χ2v) is 6.07. The molecule has 6 nitrogen and oxygen atoms in total. The Morgan fingerprint density at radius 3 is 2.42 bits per heavy atom. The quantitative estimate of drug-likeness (QED) is 0.562. The monoisotopic (exact) mass is 345 g/mol. The van der Waals surface area contributed by atoms with Crippen LogP contribution in [0.3, 0.4) is 0 Å². The summed E-state index contributed by atoms with van der Waals surface area (Å²) < 4.78 is 1.79. The van der Waals surface area contributed by atoms with Crippen LogP contribution < -0.4 is 5.32 Å². The number of anilines is 1. The molecule has 2 N–H and O–H groups in total. The van der Waals surface area contributed by atoms with Crippen LogP contribution in [0.5, 0.6) is 0 Å². The summed E-state index contributed by atoms with van der Waals surface area (Å²) in [5.74, 6) is 0.673. The van der Waals surface area contributed by atoms with E-state index in [1.807, 2.05) is 60.7 Å². The van der Waals surface area contributed by atoms with Gasteiger partial charge in [-0.1, -0.05) is 48.5 Å². The number of fused-ring (bicyclic) bond motifs is 1. The predicted octanol–water partition coefficient (Wildman–Crippen LogP) is 2.83. The van der Waals surface area contributed by atoms with Crippen molar-refractivity contribution in [3.05, 3.63) is 78.8 Å². The number of benzene rings is 2. The molecule has 0 fully saturated rings. The van der Waals surface area contributed by atoms with E-state index in [0.717, 1.165) is 22.3 Å². The molecular weight excluding hydrogens is 326 g/mol. The van der Waals surface area contributed by atoms with Crippen molar-refractivity contribution in [1.29, 1.82) is 0 Å². The van der Waals surface area contributed by atoms with Gasteiger partial charge in [0.2, 0.25) is 0 Å². The van der Waals surface area contributed by atoms with Gasteiger partial charge in [0.1, 0.15) is 12.1 Å². The molecule has 2 aromatic carbocycles. The number of nitrogens with zero attached hydrogens (tertiary/aromatic N) is 4. The van der Waals surface area contributed by atoms with E-state index in [4.69, 9.17) is 0 Å². The Balaban J connectivity index is 1.63. The highest BCUT2D eigenvalue weighted by Crippen LogP contribution is 2.22. The van der Waals surface area contributed by atoms with Gasteiger partial charge in [-0.2, -0.15) is 5.10 Å². The summed E-state index contributed by atoms with van der Waals surface area (Å²) in [5.41, 5.74) is 2.82. The average Bonchev–Trinajstić information content (AvgIpc) is 3.14. The van der Waals surface area contributed by atoms with E-state index >= 15 is 0 Å². The van der Waals surface area contributed by atoms with Gasteiger partial charge in [-0.15, -0.1) is 0 Å². The summed E-state index contributed by atoms with van der Waals surface area (Å²) in [7, 11) is 0. The normalized spacial score (nSPS) is 12.2. The molecule has 4 rings (SSSR count). The summed E-state index contributed by atoms with van der Waals surface area (Å²) in [5, 5.41) is 18.4. The van der Waals surface area contributed by atoms with Crippen molar-refractivity contribution in [2.24, 2.45) is 0 Å². The highest BCUT2D eigenvalue weighted by Gasteiger charge is 2.15. The molecule has 2 heterocycles. The van der Waals surface area contributed by atoms with Crippen molar-refractivity contribution in [2.75, 3.05) is 11.9 Å². The van der Waals surface area contributed by atoms with E-state index in [1.165, 1.54) is 6.33 Å². The molecule has 2 aromatic heterocycles. The number of hydrogen-bond acceptors (Lipinski definition) is 5. The van der Waals surface area contributed by atoms with E-state index in [-0.39, 0.29) is 12.6 Å². The Bertz CT molecular complexity index is 985. The number of para-hydroxylation sites is 1. The van der Waals surface area contributed by atoms with Crippen molar-refractivity contribution in [1.82, 2.24) is 19.7 Å². The van der Waals surface area contributed by atoms with Crippen LogP contribution >= 0.6 is 0 Å². The average molecular weight is 345 g/mol. The molecule has 4 aromatic rings. The topological polar surface area (TPSA) is 75.9 Å². The first-order chi connectivity index (χ1) is 12.8. The minimum Gasteiger partial charge on any atom is -0.394 e. The first-order valence-electron chi connectivity index (χ1n) is 8.50. The Morgan fingerprint density at radius 1 is 0.962 bits per heavy atom. The van der Waals surface area contributed by atoms with Crippen LogP contribution in [0.25, 0.3) is 16.7 Å². The lowest BCUT2D eigenvalue weighted by Gasteiger charge is -2.17. The van der Waals surface area contributed by atoms with Gasteiger partial charge in [-0.3, -0.25) is 0 Å². The molecule has 26 heavy (non-hydrogen) atoms. The van der Waals surface area contributed by atoms with Gasteiger partial charge >= 0.3 is 0 Å². The van der Waals surface area contributed by atoms with Gasteiger partial charge in [-0.25, -0.2) is 14.6 Å². The molecule has 130 valence electrons. The number of aliphatic hydroxyl groups is 1. The fourth-order valence-corrected chi connectivity index (χ4v) is 2.97. The molecule has 0 bridgehead atoms. The summed E-state index contributed by atoms with van der Waals surface area (Å²) in [6.45, 7) is 0.00716. The zero-order valence-electron chi connectivity index (χ0n) is 14.2. The fraction of sp³-hybridized carbons (Fsp3) is 0.150. The Kier molecular flexibility index (Phi) is 4.57. The molecule has 0 saturated carbocycles. The third-order valence-electron chi connectivity index (χ3n) is 4.25. The fourth-order valence-electron chi connectivity index (χ4n) is 2.97. The van der Waals surface area contributed by atoms with Gasteiger partial charge in [0.05, 0.1) is 29.9 Å². The SMILES string of the molecule is OC[C@H](Cc1ccccc1)Nc1ncnc2c1cnn2-c1ccccc1. The van der Waals surface area contributed by atoms with Crippen LogP contribution in [-0.2, 0) is 6.42 Å². The van der Waals surface area contributed by atoms with Crippen molar-refractivity contribution in [3.8, 4) is 5.69 Å². The third-order valence-corrected chi connectivity index (χ3v) is 4.25. The number of aromatic nitrogens is 4. The van der Waals surface area contributed by atoms with Gasteiger partial charge in [-0.05, 0) is 24.1 Å². The summed E-state index contributed by atoms with van der Waals surface area (Å²) in [6, 6.07) is 19.8. The lowest BCUT2D eigenvalue weighted by molar-refractivity contribution is 0.273. The van der Waals surface area contributed by atoms with Crippen molar-refractivity contribution >= 4 is 16.9 Å². The molecule has 0 radical (unpaired) electrons. The molecule has 0 amide bonds. The molecule has 0 aliphatic heterocycles. The van der Waals surface area contributed by atoms with Gasteiger partial charge in [0.15, 0.2) is 5.65 Å². The first-order valence-corrected chi connectivity index (χ1v) is 8.50. The van der Waals surface area contributed by atoms with Gasteiger partial charge < -0.3 is 10.4 Å². The minimum absolute atomic E-state index is 0.00716. The van der Waals surface area contributed by atoms with Crippen molar-refractivity contribution in [3.63, 3.8) is 0 Å². The van der Waals surface area contributed by atoms with Crippen LogP contribution in [0.4, 0.5) is 5.82 Å². The van der Waals surface area contributed by atoms with Crippen LogP contribution in [0, 0.1) is 0 Å². The zero-order valence-corrected chi connectivity index (χ0v) is 14.2. The molecule has 0 unspecified atom stereocenters. The highest BCUT2D eigenvalue weighted by atomic mass is 16.3. The highest BCUT2D eigenvalue weighted by molar-refractivity contribution is 5.87. The lowest BCUT2D eigenvalue weighted by Crippen LogP contribution is -2.27. The molecule has 1 atom stereocenters. The van der Waals surface area contributed by atoms with Crippen LogP contribution in [0.15, 0.2) is 73.2 Å². The van der Waals surface area contributed by atoms with Gasteiger partial charge in [0, 0.05) is 0 Å². The van der Waals surface area contributed by atoms with Crippen LogP contribution in [-0.4, -0.2) is 37.5 Å². The maximum Gasteiger partial charge on any atom is 0.168 e. The molecule has 0 aliphatic rings. The van der Waals surface area contributed by atoms with Crippen molar-refractivity contribution < 1.29 is 5.11 Å². The van der Waals surface area contributed by atoms with Crippen molar-refractivity contribution in [2.45, 2.75) is 12.5 Å². The second-order valence-electron chi connectivity index (χ2n) is 6.07. The maximum absolute atomic E-state index is 9.78. The molecule has 0 aliphatic carbocycles. The summed E-state index contributed by atoms with van der Waals surface area (Å²) in [6.07, 6.45) is 3.97. The third kappa shape index (κ3) is 3.27. The van der Waals surface area contributed by atoms with E-state index < -0.39 is 0 Å². The van der Waals surface area contributed by atoms with Crippen LogP contribution in [0.1, 0.15) is 5.56 Å². The number of hydrogen-bond donors (Lipinski definition) is 2. The first kappa shape index (κ1) is 16.2. The Hall–Kier alpha value is -3.25. The zero-order chi connectivity index (χ0) is 17.8. The maximum atomic E-state index is 9.78. The van der Waals surface area contributed by atoms with Gasteiger partial charge in [0.25, 0.3) is 0 Å².